The van der Waals surface area contributed by atoms with Gasteiger partial charge in [0.25, 0.3) is 0 Å². The summed E-state index contributed by atoms with van der Waals surface area (Å²) in [4.78, 5) is 15.4. The van der Waals surface area contributed by atoms with Gasteiger partial charge in [0.2, 0.25) is 0 Å². The lowest BCUT2D eigenvalue weighted by Crippen LogP contribution is -2.56. The second-order valence-electron chi connectivity index (χ2n) is 7.51. The van der Waals surface area contributed by atoms with Crippen molar-refractivity contribution in [3.05, 3.63) is 66.7 Å². The van der Waals surface area contributed by atoms with E-state index in [2.05, 4.69) is 56.1 Å². The number of rotatable bonds is 3. The third kappa shape index (κ3) is 2.46. The predicted octanol–water partition coefficient (Wildman–Crippen LogP) is 3.19. The molecule has 1 atom stereocenters. The fourth-order valence-electron chi connectivity index (χ4n) is 3.99. The Hall–Kier alpha value is -3.35. The molecule has 0 saturated carbocycles. The van der Waals surface area contributed by atoms with Crippen molar-refractivity contribution in [2.45, 2.75) is 19.9 Å². The molecule has 0 N–H and O–H groups in total. The van der Waals surface area contributed by atoms with Crippen LogP contribution < -0.4 is 4.90 Å². The van der Waals surface area contributed by atoms with Crippen LogP contribution in [0.2, 0.25) is 0 Å². The fraction of sp³-hybridized carbons (Fsp3) is 0.250. The number of para-hydroxylation sites is 1. The molecule has 1 aliphatic rings. The van der Waals surface area contributed by atoms with E-state index in [0.717, 1.165) is 23.6 Å². The maximum Gasteiger partial charge on any atom is 0.189 e. The Balaban J connectivity index is 1.61. The van der Waals surface area contributed by atoms with E-state index in [4.69, 9.17) is 0 Å². The molecule has 1 saturated heterocycles. The number of benzene rings is 1. The van der Waals surface area contributed by atoms with Gasteiger partial charge >= 0.3 is 0 Å². The smallest absolute Gasteiger partial charge is 0.189 e. The number of hydrogen-bond acceptors (Lipinski definition) is 6. The number of fused-ring (bicyclic) bond motifs is 1. The van der Waals surface area contributed by atoms with Gasteiger partial charge in [-0.3, -0.25) is 4.98 Å². The molecule has 4 heterocycles. The van der Waals surface area contributed by atoms with Crippen molar-refractivity contribution in [2.24, 2.45) is 5.41 Å². The Morgan fingerprint density at radius 2 is 1.78 bits per heavy atom. The van der Waals surface area contributed by atoms with Gasteiger partial charge < -0.3 is 4.90 Å². The lowest BCUT2D eigenvalue weighted by Gasteiger charge is -2.55. The molecule has 1 fully saturated rings. The molecule has 0 radical (unpaired) electrons. The van der Waals surface area contributed by atoms with Gasteiger partial charge in [0.1, 0.15) is 6.33 Å². The van der Waals surface area contributed by atoms with Crippen LogP contribution in [0, 0.1) is 5.41 Å². The second-order valence-corrected chi connectivity index (χ2v) is 7.51. The lowest BCUT2D eigenvalue weighted by molar-refractivity contribution is 0.179. The predicted molar refractivity (Wildman–Crippen MR) is 103 cm³/mol. The van der Waals surface area contributed by atoms with Gasteiger partial charge in [0, 0.05) is 24.4 Å². The van der Waals surface area contributed by atoms with Crippen molar-refractivity contribution in [3.63, 3.8) is 0 Å². The summed E-state index contributed by atoms with van der Waals surface area (Å²) >= 11 is 0. The van der Waals surface area contributed by atoms with Crippen molar-refractivity contribution >= 4 is 17.0 Å². The van der Waals surface area contributed by atoms with Crippen molar-refractivity contribution < 1.29 is 0 Å². The van der Waals surface area contributed by atoms with E-state index in [9.17, 15) is 0 Å². The molecule has 0 aliphatic carbocycles. The Kier molecular flexibility index (Phi) is 3.43. The third-order valence-electron chi connectivity index (χ3n) is 5.14. The summed E-state index contributed by atoms with van der Waals surface area (Å²) in [5, 5.41) is 8.74. The minimum absolute atomic E-state index is 0.133. The van der Waals surface area contributed by atoms with E-state index in [1.165, 1.54) is 5.56 Å². The SMILES string of the molecule is CC1(C)CN(c2ncnc3c2nnn3-c2ccccc2)C1c1ccncc1. The average molecular weight is 357 g/mol. The first kappa shape index (κ1) is 15.9. The topological polar surface area (TPSA) is 72.6 Å². The molecule has 134 valence electrons. The average Bonchev–Trinajstić information content (AvgIpc) is 3.12. The first-order valence-corrected chi connectivity index (χ1v) is 8.93. The van der Waals surface area contributed by atoms with Crippen LogP contribution in [-0.2, 0) is 0 Å². The Morgan fingerprint density at radius 3 is 2.52 bits per heavy atom. The van der Waals surface area contributed by atoms with Gasteiger partial charge in [-0.1, -0.05) is 37.3 Å². The minimum Gasteiger partial charge on any atom is -0.346 e. The van der Waals surface area contributed by atoms with E-state index in [-0.39, 0.29) is 11.5 Å². The Morgan fingerprint density at radius 1 is 1.00 bits per heavy atom. The van der Waals surface area contributed by atoms with E-state index in [1.54, 1.807) is 11.0 Å². The standard InChI is InChI=1S/C20H19N7/c1-20(2)12-26(17(20)14-8-10-21-11-9-14)18-16-19(23-13-22-18)27(25-24-16)15-6-4-3-5-7-15/h3-11,13,17H,12H2,1-2H3. The maximum atomic E-state index is 4.56. The monoisotopic (exact) mass is 357 g/mol. The summed E-state index contributed by atoms with van der Waals surface area (Å²) in [5.41, 5.74) is 3.72. The molecule has 1 unspecified atom stereocenters. The fourth-order valence-corrected chi connectivity index (χ4v) is 3.99. The number of anilines is 1. The highest BCUT2D eigenvalue weighted by atomic mass is 15.5. The summed E-state index contributed by atoms with van der Waals surface area (Å²) in [6.45, 7) is 5.44. The van der Waals surface area contributed by atoms with Crippen molar-refractivity contribution in [1.82, 2.24) is 29.9 Å². The van der Waals surface area contributed by atoms with E-state index >= 15 is 0 Å². The molecule has 27 heavy (non-hydrogen) atoms. The molecule has 7 heteroatoms. The highest BCUT2D eigenvalue weighted by molar-refractivity contribution is 5.84. The van der Waals surface area contributed by atoms with Gasteiger partial charge in [-0.25, -0.2) is 9.97 Å². The maximum absolute atomic E-state index is 4.56. The third-order valence-corrected chi connectivity index (χ3v) is 5.14. The highest BCUT2D eigenvalue weighted by Crippen LogP contribution is 2.50. The Bertz CT molecular complexity index is 1090. The summed E-state index contributed by atoms with van der Waals surface area (Å²) in [6.07, 6.45) is 5.27. The summed E-state index contributed by atoms with van der Waals surface area (Å²) in [6, 6.07) is 14.2. The van der Waals surface area contributed by atoms with Crippen molar-refractivity contribution in [3.8, 4) is 5.69 Å². The van der Waals surface area contributed by atoms with Gasteiger partial charge in [0.05, 0.1) is 11.7 Å². The molecule has 5 rings (SSSR count). The largest absolute Gasteiger partial charge is 0.346 e. The van der Waals surface area contributed by atoms with Gasteiger partial charge in [-0.2, -0.15) is 4.68 Å². The van der Waals surface area contributed by atoms with Crippen LogP contribution in [0.25, 0.3) is 16.9 Å². The number of aromatic nitrogens is 6. The first-order valence-electron chi connectivity index (χ1n) is 8.93. The molecular weight excluding hydrogens is 338 g/mol. The number of hydrogen-bond donors (Lipinski definition) is 0. The van der Waals surface area contributed by atoms with Crippen LogP contribution in [0.4, 0.5) is 5.82 Å². The van der Waals surface area contributed by atoms with Crippen molar-refractivity contribution in [1.29, 1.82) is 0 Å². The minimum atomic E-state index is 0.133. The lowest BCUT2D eigenvalue weighted by atomic mass is 9.72. The van der Waals surface area contributed by atoms with Gasteiger partial charge in [-0.15, -0.1) is 5.10 Å². The van der Waals surface area contributed by atoms with Crippen LogP contribution >= 0.6 is 0 Å². The molecule has 7 nitrogen and oxygen atoms in total. The molecule has 0 bridgehead atoms. The quantitative estimate of drug-likeness (QED) is 0.561. The first-order chi connectivity index (χ1) is 13.1. The molecule has 1 aromatic carbocycles. The van der Waals surface area contributed by atoms with E-state index in [1.807, 2.05) is 42.7 Å². The summed E-state index contributed by atoms with van der Waals surface area (Å²) in [5.74, 6) is 0.823. The molecule has 1 aliphatic heterocycles. The van der Waals surface area contributed by atoms with Crippen LogP contribution in [0.3, 0.4) is 0 Å². The van der Waals surface area contributed by atoms with Crippen LogP contribution in [0.15, 0.2) is 61.2 Å². The molecule has 3 aromatic heterocycles. The molecule has 4 aromatic rings. The molecular formula is C20H19N7. The number of nitrogens with zero attached hydrogens (tertiary/aromatic N) is 7. The zero-order valence-corrected chi connectivity index (χ0v) is 15.2. The van der Waals surface area contributed by atoms with Crippen LogP contribution in [0.1, 0.15) is 25.5 Å². The zero-order valence-electron chi connectivity index (χ0n) is 15.2. The van der Waals surface area contributed by atoms with Gasteiger partial charge in [-0.05, 0) is 29.8 Å². The summed E-state index contributed by atoms with van der Waals surface area (Å²) < 4.78 is 1.76. The zero-order chi connectivity index (χ0) is 18.4. The van der Waals surface area contributed by atoms with Crippen LogP contribution in [0.5, 0.6) is 0 Å². The van der Waals surface area contributed by atoms with E-state index < -0.39 is 0 Å². The number of pyridine rings is 1. The Labute approximate surface area is 156 Å². The van der Waals surface area contributed by atoms with Gasteiger partial charge in [0.15, 0.2) is 17.0 Å². The highest BCUT2D eigenvalue weighted by Gasteiger charge is 2.48. The van der Waals surface area contributed by atoms with Crippen molar-refractivity contribution in [2.75, 3.05) is 11.4 Å². The second kappa shape index (κ2) is 5.84. The normalized spacial score (nSPS) is 18.4. The van der Waals surface area contributed by atoms with E-state index in [0.29, 0.717) is 5.65 Å². The molecule has 0 spiro atoms. The molecule has 0 amide bonds. The summed E-state index contributed by atoms with van der Waals surface area (Å²) in [7, 11) is 0. The van der Waals surface area contributed by atoms with Crippen LogP contribution in [-0.4, -0.2) is 36.5 Å².